The van der Waals surface area contributed by atoms with Crippen molar-refractivity contribution in [1.82, 2.24) is 10.3 Å². The molecule has 4 nitrogen and oxygen atoms in total. The number of pyridine rings is 1. The Kier molecular flexibility index (Phi) is 6.26. The SMILES string of the molecule is O=C(NCC(F)(F)F)[C@H]1CCCCC1CNc1cncc(Br)c1. The molecule has 2 atom stereocenters. The molecule has 23 heavy (non-hydrogen) atoms. The van der Waals surface area contributed by atoms with Gasteiger partial charge in [0.15, 0.2) is 0 Å². The Bertz CT molecular complexity index is 539. The molecule has 1 amide bonds. The minimum absolute atomic E-state index is 0.0240. The molecule has 0 aliphatic heterocycles. The van der Waals surface area contributed by atoms with Gasteiger partial charge in [0.05, 0.1) is 11.9 Å². The number of amides is 1. The molecule has 0 aromatic carbocycles. The summed E-state index contributed by atoms with van der Waals surface area (Å²) in [5, 5.41) is 5.24. The van der Waals surface area contributed by atoms with E-state index in [2.05, 4.69) is 26.2 Å². The summed E-state index contributed by atoms with van der Waals surface area (Å²) in [5.41, 5.74) is 0.819. The number of carbonyl (C=O) groups excluding carboxylic acids is 1. The van der Waals surface area contributed by atoms with Crippen molar-refractivity contribution >= 4 is 27.5 Å². The summed E-state index contributed by atoms with van der Waals surface area (Å²) in [6, 6.07) is 1.87. The number of anilines is 1. The Morgan fingerprint density at radius 3 is 2.74 bits per heavy atom. The van der Waals surface area contributed by atoms with Crippen molar-refractivity contribution in [2.24, 2.45) is 11.8 Å². The molecule has 8 heteroatoms. The topological polar surface area (TPSA) is 54.0 Å². The van der Waals surface area contributed by atoms with Crippen LogP contribution in [0.3, 0.4) is 0 Å². The first-order valence-electron chi connectivity index (χ1n) is 7.54. The Hall–Kier alpha value is -1.31. The van der Waals surface area contributed by atoms with Gasteiger partial charge in [0, 0.05) is 23.1 Å². The molecule has 1 unspecified atom stereocenters. The second kappa shape index (κ2) is 7.99. The standard InChI is InChI=1S/C15H19BrF3N3O/c16-11-5-12(8-20-7-11)21-6-10-3-1-2-4-13(10)14(23)22-9-15(17,18)19/h5,7-8,10,13,21H,1-4,6,9H2,(H,22,23)/t10?,13-/m0/s1. The third kappa shape index (κ3) is 6.01. The van der Waals surface area contributed by atoms with E-state index in [1.165, 1.54) is 0 Å². The van der Waals surface area contributed by atoms with Crippen molar-refractivity contribution in [2.75, 3.05) is 18.4 Å². The fourth-order valence-electron chi connectivity index (χ4n) is 2.87. The van der Waals surface area contributed by atoms with Crippen molar-refractivity contribution in [1.29, 1.82) is 0 Å². The predicted octanol–water partition coefficient (Wildman–Crippen LogP) is 3.74. The summed E-state index contributed by atoms with van der Waals surface area (Å²) >= 11 is 3.33. The van der Waals surface area contributed by atoms with Gasteiger partial charge in [0.1, 0.15) is 6.54 Å². The maximum atomic E-state index is 12.2. The van der Waals surface area contributed by atoms with Gasteiger partial charge in [-0.25, -0.2) is 0 Å². The van der Waals surface area contributed by atoms with Gasteiger partial charge >= 0.3 is 6.18 Å². The monoisotopic (exact) mass is 393 g/mol. The van der Waals surface area contributed by atoms with Crippen LogP contribution < -0.4 is 10.6 Å². The Morgan fingerprint density at radius 1 is 1.30 bits per heavy atom. The van der Waals surface area contributed by atoms with Crippen molar-refractivity contribution in [3.63, 3.8) is 0 Å². The molecule has 1 aliphatic carbocycles. The first-order valence-corrected chi connectivity index (χ1v) is 8.33. The molecule has 128 valence electrons. The summed E-state index contributed by atoms with van der Waals surface area (Å²) < 4.78 is 37.6. The minimum Gasteiger partial charge on any atom is -0.383 e. The van der Waals surface area contributed by atoms with Gasteiger partial charge in [-0.2, -0.15) is 13.2 Å². The van der Waals surface area contributed by atoms with Crippen LogP contribution in [0.2, 0.25) is 0 Å². The maximum absolute atomic E-state index is 12.2. The molecular formula is C15H19BrF3N3O. The average molecular weight is 394 g/mol. The molecule has 0 saturated heterocycles. The molecule has 1 aromatic rings. The number of carbonyl (C=O) groups is 1. The van der Waals surface area contributed by atoms with Crippen LogP contribution in [0.15, 0.2) is 22.9 Å². The van der Waals surface area contributed by atoms with Gasteiger partial charge in [0.25, 0.3) is 0 Å². The van der Waals surface area contributed by atoms with E-state index < -0.39 is 18.6 Å². The molecule has 2 rings (SSSR count). The van der Waals surface area contributed by atoms with Crippen molar-refractivity contribution < 1.29 is 18.0 Å². The lowest BCUT2D eigenvalue weighted by Gasteiger charge is -2.31. The van der Waals surface area contributed by atoms with Crippen LogP contribution in [-0.2, 0) is 4.79 Å². The lowest BCUT2D eigenvalue weighted by Crippen LogP contribution is -2.42. The highest BCUT2D eigenvalue weighted by atomic mass is 79.9. The zero-order valence-electron chi connectivity index (χ0n) is 12.5. The lowest BCUT2D eigenvalue weighted by atomic mass is 9.78. The molecule has 1 fully saturated rings. The van der Waals surface area contributed by atoms with Crippen LogP contribution >= 0.6 is 15.9 Å². The third-order valence-electron chi connectivity index (χ3n) is 3.98. The first-order chi connectivity index (χ1) is 10.8. The van der Waals surface area contributed by atoms with E-state index in [0.29, 0.717) is 13.0 Å². The molecule has 1 aliphatic rings. The zero-order chi connectivity index (χ0) is 16.9. The number of rotatable bonds is 5. The zero-order valence-corrected chi connectivity index (χ0v) is 14.1. The fourth-order valence-corrected chi connectivity index (χ4v) is 3.24. The fraction of sp³-hybridized carbons (Fsp3) is 0.600. The van der Waals surface area contributed by atoms with Crippen LogP contribution in [0, 0.1) is 11.8 Å². The summed E-state index contributed by atoms with van der Waals surface area (Å²) in [7, 11) is 0. The minimum atomic E-state index is -4.37. The van der Waals surface area contributed by atoms with Crippen LogP contribution in [0.25, 0.3) is 0 Å². The van der Waals surface area contributed by atoms with Gasteiger partial charge in [-0.15, -0.1) is 0 Å². The van der Waals surface area contributed by atoms with Crippen LogP contribution in [0.1, 0.15) is 25.7 Å². The highest BCUT2D eigenvalue weighted by molar-refractivity contribution is 9.10. The number of hydrogen-bond acceptors (Lipinski definition) is 3. The molecule has 0 spiro atoms. The molecular weight excluding hydrogens is 375 g/mol. The molecule has 2 N–H and O–H groups in total. The number of nitrogens with zero attached hydrogens (tertiary/aromatic N) is 1. The number of alkyl halides is 3. The van der Waals surface area contributed by atoms with E-state index in [1.807, 2.05) is 11.4 Å². The average Bonchev–Trinajstić information content (AvgIpc) is 2.50. The van der Waals surface area contributed by atoms with E-state index in [0.717, 1.165) is 29.4 Å². The summed E-state index contributed by atoms with van der Waals surface area (Å²) in [4.78, 5) is 16.1. The quantitative estimate of drug-likeness (QED) is 0.800. The van der Waals surface area contributed by atoms with E-state index in [1.54, 1.807) is 12.4 Å². The highest BCUT2D eigenvalue weighted by Crippen LogP contribution is 2.31. The number of aromatic nitrogens is 1. The molecule has 1 aromatic heterocycles. The van der Waals surface area contributed by atoms with Gasteiger partial charge in [-0.05, 0) is 40.8 Å². The van der Waals surface area contributed by atoms with Crippen LogP contribution in [-0.4, -0.2) is 30.2 Å². The summed E-state index contributed by atoms with van der Waals surface area (Å²) in [6.07, 6.45) is 2.29. The van der Waals surface area contributed by atoms with E-state index in [9.17, 15) is 18.0 Å². The number of nitrogens with one attached hydrogen (secondary N) is 2. The van der Waals surface area contributed by atoms with E-state index in [-0.39, 0.29) is 11.8 Å². The van der Waals surface area contributed by atoms with Gasteiger partial charge in [0.2, 0.25) is 5.91 Å². The molecule has 1 heterocycles. The Morgan fingerprint density at radius 2 is 2.04 bits per heavy atom. The Labute approximate surface area is 141 Å². The predicted molar refractivity (Wildman–Crippen MR) is 84.9 cm³/mol. The van der Waals surface area contributed by atoms with Crippen LogP contribution in [0.5, 0.6) is 0 Å². The summed E-state index contributed by atoms with van der Waals surface area (Å²) in [5.74, 6) is -0.851. The van der Waals surface area contributed by atoms with Crippen molar-refractivity contribution in [3.05, 3.63) is 22.9 Å². The normalized spacial score (nSPS) is 21.7. The van der Waals surface area contributed by atoms with E-state index >= 15 is 0 Å². The van der Waals surface area contributed by atoms with E-state index in [4.69, 9.17) is 0 Å². The van der Waals surface area contributed by atoms with Crippen molar-refractivity contribution in [2.45, 2.75) is 31.9 Å². The third-order valence-corrected chi connectivity index (χ3v) is 4.42. The van der Waals surface area contributed by atoms with Crippen molar-refractivity contribution in [3.8, 4) is 0 Å². The number of halogens is 4. The molecule has 1 saturated carbocycles. The largest absolute Gasteiger partial charge is 0.405 e. The second-order valence-electron chi connectivity index (χ2n) is 5.76. The molecule has 0 radical (unpaired) electrons. The first kappa shape index (κ1) is 18.0. The molecule has 0 bridgehead atoms. The van der Waals surface area contributed by atoms with Gasteiger partial charge in [-0.3, -0.25) is 9.78 Å². The maximum Gasteiger partial charge on any atom is 0.405 e. The van der Waals surface area contributed by atoms with Gasteiger partial charge < -0.3 is 10.6 Å². The second-order valence-corrected chi connectivity index (χ2v) is 6.67. The number of hydrogen-bond donors (Lipinski definition) is 2. The highest BCUT2D eigenvalue weighted by Gasteiger charge is 2.34. The Balaban J connectivity index is 1.91. The smallest absolute Gasteiger partial charge is 0.383 e. The van der Waals surface area contributed by atoms with Gasteiger partial charge in [-0.1, -0.05) is 12.8 Å². The van der Waals surface area contributed by atoms with Crippen LogP contribution in [0.4, 0.5) is 18.9 Å². The lowest BCUT2D eigenvalue weighted by molar-refractivity contribution is -0.142. The summed E-state index contributed by atoms with van der Waals surface area (Å²) in [6.45, 7) is -0.722.